The summed E-state index contributed by atoms with van der Waals surface area (Å²) in [6.45, 7) is 5.63. The van der Waals surface area contributed by atoms with Gasteiger partial charge in [-0.1, -0.05) is 30.3 Å². The van der Waals surface area contributed by atoms with E-state index in [0.717, 1.165) is 19.6 Å². The summed E-state index contributed by atoms with van der Waals surface area (Å²) < 4.78 is 0. The molecule has 0 unspecified atom stereocenters. The highest BCUT2D eigenvalue weighted by atomic mass is 16.2. The minimum Gasteiger partial charge on any atom is -0.339 e. The Hall–Kier alpha value is -1.35. The zero-order chi connectivity index (χ0) is 13.9. The van der Waals surface area contributed by atoms with Gasteiger partial charge in [0.25, 0.3) is 0 Å². The fraction of sp³-hybridized carbons (Fsp3) is 0.588. The summed E-state index contributed by atoms with van der Waals surface area (Å²) in [5.74, 6) is 0.920. The van der Waals surface area contributed by atoms with Gasteiger partial charge < -0.3 is 4.90 Å². The number of likely N-dealkylation sites (N-methyl/N-ethyl adjacent to an activating group) is 1. The van der Waals surface area contributed by atoms with Gasteiger partial charge >= 0.3 is 0 Å². The molecule has 1 aliphatic heterocycles. The Kier molecular flexibility index (Phi) is 4.06. The number of benzene rings is 1. The van der Waals surface area contributed by atoms with Crippen molar-refractivity contribution in [2.24, 2.45) is 0 Å². The normalized spacial score (nSPS) is 22.9. The Morgan fingerprint density at radius 3 is 2.65 bits per heavy atom. The average molecular weight is 272 g/mol. The van der Waals surface area contributed by atoms with Crippen molar-refractivity contribution in [3.8, 4) is 0 Å². The molecule has 20 heavy (non-hydrogen) atoms. The molecule has 1 atom stereocenters. The molecule has 1 saturated heterocycles. The minimum absolute atomic E-state index is 0.323. The predicted octanol–water partition coefficient (Wildman–Crippen LogP) is 2.49. The van der Waals surface area contributed by atoms with Crippen LogP contribution in [0.15, 0.2) is 30.3 Å². The van der Waals surface area contributed by atoms with Gasteiger partial charge in [-0.15, -0.1) is 0 Å². The lowest BCUT2D eigenvalue weighted by Gasteiger charge is -2.24. The molecule has 1 saturated carbocycles. The van der Waals surface area contributed by atoms with Crippen LogP contribution in [0.5, 0.6) is 0 Å². The van der Waals surface area contributed by atoms with Gasteiger partial charge in [0, 0.05) is 19.1 Å². The van der Waals surface area contributed by atoms with Crippen molar-refractivity contribution >= 4 is 5.91 Å². The second-order valence-corrected chi connectivity index (χ2v) is 6.04. The van der Waals surface area contributed by atoms with Crippen LogP contribution in [0.3, 0.4) is 0 Å². The fourth-order valence-electron chi connectivity index (χ4n) is 3.28. The monoisotopic (exact) mass is 272 g/mol. The van der Waals surface area contributed by atoms with E-state index in [0.29, 0.717) is 24.4 Å². The Morgan fingerprint density at radius 1 is 1.25 bits per heavy atom. The van der Waals surface area contributed by atoms with Gasteiger partial charge in [-0.05, 0) is 44.2 Å². The smallest absolute Gasteiger partial charge is 0.236 e. The third kappa shape index (κ3) is 3.04. The van der Waals surface area contributed by atoms with Crippen LogP contribution in [-0.2, 0) is 4.79 Å². The van der Waals surface area contributed by atoms with Gasteiger partial charge in [0.05, 0.1) is 6.54 Å². The fourth-order valence-corrected chi connectivity index (χ4v) is 3.28. The predicted molar refractivity (Wildman–Crippen MR) is 80.6 cm³/mol. The van der Waals surface area contributed by atoms with Crippen LogP contribution in [-0.4, -0.2) is 47.9 Å². The van der Waals surface area contributed by atoms with Gasteiger partial charge in [0.15, 0.2) is 0 Å². The van der Waals surface area contributed by atoms with Crippen molar-refractivity contribution in [1.82, 2.24) is 9.80 Å². The van der Waals surface area contributed by atoms with E-state index >= 15 is 0 Å². The zero-order valence-electron chi connectivity index (χ0n) is 12.3. The molecule has 1 aromatic carbocycles. The Morgan fingerprint density at radius 2 is 2.00 bits per heavy atom. The van der Waals surface area contributed by atoms with E-state index in [-0.39, 0.29) is 0 Å². The van der Waals surface area contributed by atoms with E-state index in [4.69, 9.17) is 0 Å². The van der Waals surface area contributed by atoms with Crippen LogP contribution < -0.4 is 0 Å². The number of amides is 1. The number of carbonyl (C=O) groups excluding carboxylic acids is 1. The molecule has 0 spiro atoms. The summed E-state index contributed by atoms with van der Waals surface area (Å²) in [7, 11) is 0. The topological polar surface area (TPSA) is 23.6 Å². The SMILES string of the molecule is CCN(C(=O)CN1CC[C@@H](c2ccccc2)C1)C1CC1. The molecule has 1 heterocycles. The lowest BCUT2D eigenvalue weighted by atomic mass is 9.99. The van der Waals surface area contributed by atoms with Crippen molar-refractivity contribution in [3.63, 3.8) is 0 Å². The quantitative estimate of drug-likeness (QED) is 0.822. The van der Waals surface area contributed by atoms with E-state index < -0.39 is 0 Å². The first kappa shape index (κ1) is 13.6. The standard InChI is InChI=1S/C17H24N2O/c1-2-19(16-8-9-16)17(20)13-18-11-10-15(12-18)14-6-4-3-5-7-14/h3-7,15-16H,2,8-13H2,1H3/t15-/m1/s1. The van der Waals surface area contributed by atoms with Crippen molar-refractivity contribution < 1.29 is 4.79 Å². The highest BCUT2D eigenvalue weighted by Crippen LogP contribution is 2.29. The molecule has 0 N–H and O–H groups in total. The minimum atomic E-state index is 0.323. The third-order valence-electron chi connectivity index (χ3n) is 4.55. The lowest BCUT2D eigenvalue weighted by molar-refractivity contribution is -0.132. The van der Waals surface area contributed by atoms with Crippen LogP contribution in [0.1, 0.15) is 37.7 Å². The second-order valence-electron chi connectivity index (χ2n) is 6.04. The molecule has 3 nitrogen and oxygen atoms in total. The first-order valence-electron chi connectivity index (χ1n) is 7.84. The Bertz CT molecular complexity index is 455. The van der Waals surface area contributed by atoms with E-state index in [1.54, 1.807) is 0 Å². The molecule has 1 aliphatic carbocycles. The summed E-state index contributed by atoms with van der Waals surface area (Å²) in [6.07, 6.45) is 3.57. The molecular formula is C17H24N2O. The maximum atomic E-state index is 12.3. The van der Waals surface area contributed by atoms with Crippen LogP contribution in [0.2, 0.25) is 0 Å². The molecule has 108 valence electrons. The molecule has 0 aromatic heterocycles. The van der Waals surface area contributed by atoms with Crippen molar-refractivity contribution in [3.05, 3.63) is 35.9 Å². The summed E-state index contributed by atoms with van der Waals surface area (Å²) in [6, 6.07) is 11.2. The van der Waals surface area contributed by atoms with Gasteiger partial charge in [-0.2, -0.15) is 0 Å². The summed E-state index contributed by atoms with van der Waals surface area (Å²) in [4.78, 5) is 16.7. The highest BCUT2D eigenvalue weighted by Gasteiger charge is 2.33. The highest BCUT2D eigenvalue weighted by molar-refractivity contribution is 5.79. The largest absolute Gasteiger partial charge is 0.339 e. The molecule has 3 rings (SSSR count). The Balaban J connectivity index is 1.54. The van der Waals surface area contributed by atoms with Gasteiger partial charge in [0.2, 0.25) is 5.91 Å². The number of nitrogens with zero attached hydrogens (tertiary/aromatic N) is 2. The number of hydrogen-bond acceptors (Lipinski definition) is 2. The molecule has 1 aromatic rings. The van der Waals surface area contributed by atoms with E-state index in [1.165, 1.54) is 24.8 Å². The number of likely N-dealkylation sites (tertiary alicyclic amines) is 1. The molecule has 2 fully saturated rings. The number of hydrogen-bond donors (Lipinski definition) is 0. The first-order chi connectivity index (χ1) is 9.78. The average Bonchev–Trinajstić information content (AvgIpc) is 3.19. The van der Waals surface area contributed by atoms with Crippen molar-refractivity contribution in [2.45, 2.75) is 38.1 Å². The molecular weight excluding hydrogens is 248 g/mol. The molecule has 1 amide bonds. The van der Waals surface area contributed by atoms with Gasteiger partial charge in [-0.25, -0.2) is 0 Å². The van der Waals surface area contributed by atoms with Crippen molar-refractivity contribution in [1.29, 1.82) is 0 Å². The third-order valence-corrected chi connectivity index (χ3v) is 4.55. The maximum Gasteiger partial charge on any atom is 0.236 e. The Labute approximate surface area is 121 Å². The molecule has 0 radical (unpaired) electrons. The molecule has 2 aliphatic rings. The van der Waals surface area contributed by atoms with Gasteiger partial charge in [0.1, 0.15) is 0 Å². The van der Waals surface area contributed by atoms with Crippen LogP contribution >= 0.6 is 0 Å². The van der Waals surface area contributed by atoms with Gasteiger partial charge in [-0.3, -0.25) is 9.69 Å². The van der Waals surface area contributed by atoms with Crippen LogP contribution in [0, 0.1) is 0 Å². The first-order valence-corrected chi connectivity index (χ1v) is 7.84. The number of rotatable bonds is 5. The second kappa shape index (κ2) is 5.96. The van der Waals surface area contributed by atoms with E-state index in [9.17, 15) is 4.79 Å². The van der Waals surface area contributed by atoms with Crippen LogP contribution in [0.25, 0.3) is 0 Å². The molecule has 3 heteroatoms. The van der Waals surface area contributed by atoms with E-state index in [2.05, 4.69) is 47.1 Å². The summed E-state index contributed by atoms with van der Waals surface area (Å²) in [5.41, 5.74) is 1.41. The summed E-state index contributed by atoms with van der Waals surface area (Å²) in [5, 5.41) is 0. The maximum absolute atomic E-state index is 12.3. The zero-order valence-corrected chi connectivity index (χ0v) is 12.3. The van der Waals surface area contributed by atoms with E-state index in [1.807, 2.05) is 0 Å². The lowest BCUT2D eigenvalue weighted by Crippen LogP contribution is -2.40. The van der Waals surface area contributed by atoms with Crippen molar-refractivity contribution in [2.75, 3.05) is 26.2 Å². The summed E-state index contributed by atoms with van der Waals surface area (Å²) >= 11 is 0. The van der Waals surface area contributed by atoms with Crippen LogP contribution in [0.4, 0.5) is 0 Å². The molecule has 0 bridgehead atoms. The number of carbonyl (C=O) groups is 1.